The monoisotopic (exact) mass is 309 g/mol. The van der Waals surface area contributed by atoms with E-state index in [9.17, 15) is 21.6 Å². The van der Waals surface area contributed by atoms with Gasteiger partial charge in [0.15, 0.2) is 0 Å². The van der Waals surface area contributed by atoms with E-state index in [2.05, 4.69) is 5.32 Å². The fourth-order valence-electron chi connectivity index (χ4n) is 1.92. The number of benzene rings is 1. The lowest BCUT2D eigenvalue weighted by molar-refractivity contribution is -0.0436. The van der Waals surface area contributed by atoms with Crippen LogP contribution in [-0.2, 0) is 9.84 Å². The highest BCUT2D eigenvalue weighted by atomic mass is 32.2. The number of nitrogens with one attached hydrogen (secondary N) is 1. The third kappa shape index (κ3) is 3.24. The first-order valence-corrected chi connectivity index (χ1v) is 7.54. The van der Waals surface area contributed by atoms with Gasteiger partial charge in [0.25, 0.3) is 9.84 Å². The lowest BCUT2D eigenvalue weighted by atomic mass is 10.1. The van der Waals surface area contributed by atoms with Gasteiger partial charge >= 0.3 is 5.51 Å². The molecule has 8 heteroatoms. The highest BCUT2D eigenvalue weighted by molar-refractivity contribution is 7.92. The molecule has 0 bridgehead atoms. The van der Waals surface area contributed by atoms with Crippen molar-refractivity contribution in [1.82, 2.24) is 5.32 Å². The van der Waals surface area contributed by atoms with Gasteiger partial charge in [0, 0.05) is 12.5 Å². The number of sulfone groups is 1. The van der Waals surface area contributed by atoms with Crippen LogP contribution in [0.5, 0.6) is 5.75 Å². The van der Waals surface area contributed by atoms with Crippen LogP contribution in [0.25, 0.3) is 0 Å². The molecule has 0 radical (unpaired) electrons. The molecule has 1 unspecified atom stereocenters. The average Bonchev–Trinajstić information content (AvgIpc) is 2.88. The van der Waals surface area contributed by atoms with Crippen molar-refractivity contribution in [3.05, 3.63) is 24.3 Å². The highest BCUT2D eigenvalue weighted by Crippen LogP contribution is 2.31. The molecule has 1 aromatic rings. The molecule has 4 nitrogen and oxygen atoms in total. The van der Waals surface area contributed by atoms with E-state index in [1.54, 1.807) is 0 Å². The minimum Gasteiger partial charge on any atom is -0.493 e. The van der Waals surface area contributed by atoms with Crippen LogP contribution in [0.15, 0.2) is 29.2 Å². The van der Waals surface area contributed by atoms with Gasteiger partial charge in [-0.15, -0.1) is 0 Å². The van der Waals surface area contributed by atoms with E-state index in [4.69, 9.17) is 4.74 Å². The zero-order valence-electron chi connectivity index (χ0n) is 10.5. The van der Waals surface area contributed by atoms with Gasteiger partial charge in [-0.1, -0.05) is 0 Å². The summed E-state index contributed by atoms with van der Waals surface area (Å²) in [5, 5.41) is 3.17. The van der Waals surface area contributed by atoms with Gasteiger partial charge in [0.1, 0.15) is 5.75 Å². The zero-order chi connectivity index (χ0) is 14.8. The van der Waals surface area contributed by atoms with Gasteiger partial charge < -0.3 is 10.1 Å². The van der Waals surface area contributed by atoms with Crippen molar-refractivity contribution < 1.29 is 26.3 Å². The topological polar surface area (TPSA) is 55.4 Å². The molecule has 112 valence electrons. The van der Waals surface area contributed by atoms with Crippen LogP contribution >= 0.6 is 0 Å². The van der Waals surface area contributed by atoms with E-state index in [1.807, 2.05) is 0 Å². The second-order valence-electron chi connectivity index (χ2n) is 4.59. The summed E-state index contributed by atoms with van der Waals surface area (Å²) in [7, 11) is -5.29. The fraction of sp³-hybridized carbons (Fsp3) is 0.500. The molecule has 1 atom stereocenters. The zero-order valence-corrected chi connectivity index (χ0v) is 11.3. The van der Waals surface area contributed by atoms with Gasteiger partial charge in [0.05, 0.1) is 11.5 Å². The number of alkyl halides is 3. The summed E-state index contributed by atoms with van der Waals surface area (Å²) >= 11 is 0. The number of ether oxygens (including phenoxy) is 1. The normalized spacial score (nSPS) is 20.1. The maximum Gasteiger partial charge on any atom is 0.501 e. The Kier molecular flexibility index (Phi) is 4.24. The quantitative estimate of drug-likeness (QED) is 0.924. The highest BCUT2D eigenvalue weighted by Gasteiger charge is 2.46. The van der Waals surface area contributed by atoms with Crippen molar-refractivity contribution in [2.75, 3.05) is 19.7 Å². The van der Waals surface area contributed by atoms with E-state index >= 15 is 0 Å². The van der Waals surface area contributed by atoms with Gasteiger partial charge in [-0.2, -0.15) is 13.2 Å². The first-order valence-electron chi connectivity index (χ1n) is 6.05. The Bertz CT molecular complexity index is 548. The smallest absolute Gasteiger partial charge is 0.493 e. The Morgan fingerprint density at radius 1 is 1.25 bits per heavy atom. The Balaban J connectivity index is 2.03. The van der Waals surface area contributed by atoms with E-state index in [0.717, 1.165) is 31.6 Å². The molecule has 1 fully saturated rings. The Morgan fingerprint density at radius 2 is 1.90 bits per heavy atom. The van der Waals surface area contributed by atoms with Crippen LogP contribution in [0.4, 0.5) is 13.2 Å². The van der Waals surface area contributed by atoms with Crippen LogP contribution < -0.4 is 10.1 Å². The molecule has 1 N–H and O–H groups in total. The summed E-state index contributed by atoms with van der Waals surface area (Å²) in [6.45, 7) is 2.23. The molecule has 0 saturated carbocycles. The van der Waals surface area contributed by atoms with E-state index in [-0.39, 0.29) is 0 Å². The predicted molar refractivity (Wildman–Crippen MR) is 66.2 cm³/mol. The maximum atomic E-state index is 12.3. The number of hydrogen-bond acceptors (Lipinski definition) is 4. The molecule has 0 aliphatic carbocycles. The van der Waals surface area contributed by atoms with Gasteiger partial charge in [-0.25, -0.2) is 8.42 Å². The van der Waals surface area contributed by atoms with Crippen LogP contribution in [0, 0.1) is 5.92 Å². The fourth-order valence-corrected chi connectivity index (χ4v) is 2.68. The number of hydrogen-bond donors (Lipinski definition) is 1. The summed E-state index contributed by atoms with van der Waals surface area (Å²) in [6.07, 6.45) is 0.987. The van der Waals surface area contributed by atoms with Crippen molar-refractivity contribution in [2.45, 2.75) is 16.8 Å². The van der Waals surface area contributed by atoms with Gasteiger partial charge in [-0.05, 0) is 37.2 Å². The van der Waals surface area contributed by atoms with Crippen molar-refractivity contribution in [3.8, 4) is 5.75 Å². The van der Waals surface area contributed by atoms with E-state index < -0.39 is 20.2 Å². The molecule has 20 heavy (non-hydrogen) atoms. The minimum atomic E-state index is -5.29. The molecule has 1 aliphatic heterocycles. The first kappa shape index (κ1) is 15.1. The molecule has 1 aromatic carbocycles. The third-order valence-corrected chi connectivity index (χ3v) is 4.59. The average molecular weight is 309 g/mol. The second-order valence-corrected chi connectivity index (χ2v) is 6.53. The molecule has 1 heterocycles. The van der Waals surface area contributed by atoms with Crippen molar-refractivity contribution in [3.63, 3.8) is 0 Å². The molecule has 1 saturated heterocycles. The first-order chi connectivity index (χ1) is 9.30. The third-order valence-electron chi connectivity index (χ3n) is 3.09. The SMILES string of the molecule is O=S(=O)(c1ccc(OCC2CCNC2)cc1)C(F)(F)F. The Morgan fingerprint density at radius 3 is 2.40 bits per heavy atom. The Hall–Kier alpha value is -1.28. The molecule has 0 aromatic heterocycles. The number of rotatable bonds is 4. The molecule has 1 aliphatic rings. The molecule has 2 rings (SSSR count). The van der Waals surface area contributed by atoms with Crippen LogP contribution in [-0.4, -0.2) is 33.6 Å². The van der Waals surface area contributed by atoms with Crippen LogP contribution in [0.2, 0.25) is 0 Å². The van der Waals surface area contributed by atoms with Gasteiger partial charge in [-0.3, -0.25) is 0 Å². The lowest BCUT2D eigenvalue weighted by Crippen LogP contribution is -2.23. The summed E-state index contributed by atoms with van der Waals surface area (Å²) in [4.78, 5) is -0.778. The van der Waals surface area contributed by atoms with E-state index in [1.165, 1.54) is 12.1 Å². The maximum absolute atomic E-state index is 12.3. The largest absolute Gasteiger partial charge is 0.501 e. The molecule has 0 spiro atoms. The summed E-state index contributed by atoms with van der Waals surface area (Å²) in [6, 6.07) is 4.29. The predicted octanol–water partition coefficient (Wildman–Crippen LogP) is 1.97. The lowest BCUT2D eigenvalue weighted by Gasteiger charge is -2.12. The van der Waals surface area contributed by atoms with Crippen LogP contribution in [0.3, 0.4) is 0 Å². The van der Waals surface area contributed by atoms with Crippen LogP contribution in [0.1, 0.15) is 6.42 Å². The Labute approximate surface area is 114 Å². The standard InChI is InChI=1S/C12H14F3NO3S/c13-12(14,15)20(17,18)11-3-1-10(2-4-11)19-8-9-5-6-16-7-9/h1-4,9,16H,5-8H2. The van der Waals surface area contributed by atoms with Crippen molar-refractivity contribution in [2.24, 2.45) is 5.92 Å². The summed E-state index contributed by atoms with van der Waals surface area (Å²) in [5.74, 6) is 0.728. The molecule has 0 amide bonds. The summed E-state index contributed by atoms with van der Waals surface area (Å²) in [5.41, 5.74) is -5.29. The molecular weight excluding hydrogens is 295 g/mol. The second kappa shape index (κ2) is 5.61. The van der Waals surface area contributed by atoms with Crippen molar-refractivity contribution >= 4 is 9.84 Å². The summed E-state index contributed by atoms with van der Waals surface area (Å²) < 4.78 is 64.8. The van der Waals surface area contributed by atoms with Crippen molar-refractivity contribution in [1.29, 1.82) is 0 Å². The van der Waals surface area contributed by atoms with Gasteiger partial charge in [0.2, 0.25) is 0 Å². The van der Waals surface area contributed by atoms with E-state index in [0.29, 0.717) is 18.3 Å². The molecular formula is C12H14F3NO3S. The number of halogens is 3. The minimum absolute atomic E-state index is 0.359.